The van der Waals surface area contributed by atoms with Gasteiger partial charge in [-0.2, -0.15) is 0 Å². The molecule has 1 aromatic carbocycles. The van der Waals surface area contributed by atoms with Crippen molar-refractivity contribution >= 4 is 34.1 Å². The highest BCUT2D eigenvalue weighted by Gasteiger charge is 2.21. The third-order valence-corrected chi connectivity index (χ3v) is 5.60. The van der Waals surface area contributed by atoms with E-state index in [4.69, 9.17) is 9.47 Å². The largest absolute Gasteiger partial charge is 0.465 e. The molecule has 0 aliphatic heterocycles. The number of carbonyl (C=O) groups is 3. The topological polar surface area (TPSA) is 118 Å². The predicted molar refractivity (Wildman–Crippen MR) is 112 cm³/mol. The van der Waals surface area contributed by atoms with Crippen LogP contribution in [0.5, 0.6) is 0 Å². The van der Waals surface area contributed by atoms with Crippen LogP contribution in [-0.2, 0) is 9.47 Å². The number of Topliss-reactive ketones (excluding diaryl/α,β-unsaturated/α-hetero) is 1. The van der Waals surface area contributed by atoms with E-state index in [9.17, 15) is 24.5 Å². The van der Waals surface area contributed by atoms with E-state index in [0.29, 0.717) is 28.2 Å². The van der Waals surface area contributed by atoms with E-state index in [1.54, 1.807) is 37.3 Å². The molecule has 0 bridgehead atoms. The minimum absolute atomic E-state index is 0.0515. The fraction of sp³-hybridized carbons (Fsp3) is 0.190. The number of hydrogen-bond donors (Lipinski definition) is 0. The van der Waals surface area contributed by atoms with Crippen molar-refractivity contribution in [3.63, 3.8) is 0 Å². The first kappa shape index (κ1) is 21.9. The molecule has 3 rings (SSSR count). The zero-order chi connectivity index (χ0) is 22.7. The molecule has 0 saturated carbocycles. The summed E-state index contributed by atoms with van der Waals surface area (Å²) >= 11 is 0.686. The number of aryl methyl sites for hydroxylation is 1. The quantitative estimate of drug-likeness (QED) is 0.236. The zero-order valence-corrected chi connectivity index (χ0v) is 17.7. The van der Waals surface area contributed by atoms with Crippen molar-refractivity contribution in [2.45, 2.75) is 13.8 Å². The number of rotatable bonds is 7. The summed E-state index contributed by atoms with van der Waals surface area (Å²) in [4.78, 5) is 46.5. The lowest BCUT2D eigenvalue weighted by Gasteiger charge is -2.10. The van der Waals surface area contributed by atoms with Crippen molar-refractivity contribution < 1.29 is 28.8 Å². The van der Waals surface area contributed by atoms with Crippen molar-refractivity contribution in [2.24, 2.45) is 0 Å². The van der Waals surface area contributed by atoms with Crippen LogP contribution < -0.4 is 0 Å². The first-order valence-corrected chi connectivity index (χ1v) is 9.86. The molecule has 0 saturated heterocycles. The van der Waals surface area contributed by atoms with Crippen LogP contribution >= 0.6 is 11.3 Å². The van der Waals surface area contributed by atoms with E-state index < -0.39 is 29.3 Å². The van der Waals surface area contributed by atoms with Gasteiger partial charge in [0.25, 0.3) is 0 Å². The van der Waals surface area contributed by atoms with Crippen LogP contribution in [0.15, 0.2) is 42.5 Å². The van der Waals surface area contributed by atoms with Gasteiger partial charge in [-0.3, -0.25) is 14.9 Å². The van der Waals surface area contributed by atoms with Crippen molar-refractivity contribution in [1.82, 2.24) is 4.57 Å². The fourth-order valence-electron chi connectivity index (χ4n) is 3.12. The van der Waals surface area contributed by atoms with Crippen LogP contribution in [0.3, 0.4) is 0 Å². The second kappa shape index (κ2) is 8.92. The molecule has 0 atom stereocenters. The lowest BCUT2D eigenvalue weighted by molar-refractivity contribution is -0.380. The molecular weight excluding hydrogens is 424 g/mol. The number of nitro groups is 1. The predicted octanol–water partition coefficient (Wildman–Crippen LogP) is 3.89. The summed E-state index contributed by atoms with van der Waals surface area (Å²) in [6.45, 7) is 3.10. The number of esters is 2. The number of ketones is 1. The number of thiophene rings is 1. The standard InChI is InChI=1S/C21H18N2O7S/c1-12-10-16(13(2)22(12)15-6-4-14(5-7-15)20(25)29-3)17(24)11-30-21(26)18-8-9-19(31-18)23(27)28/h4-10H,11H2,1-3H3. The van der Waals surface area contributed by atoms with E-state index >= 15 is 0 Å². The number of methoxy groups -OCH3 is 1. The fourth-order valence-corrected chi connectivity index (χ4v) is 3.84. The second-order valence-corrected chi connectivity index (χ2v) is 7.62. The lowest BCUT2D eigenvalue weighted by atomic mass is 10.1. The highest BCUT2D eigenvalue weighted by Crippen LogP contribution is 2.25. The highest BCUT2D eigenvalue weighted by molar-refractivity contribution is 7.17. The molecule has 160 valence electrons. The molecule has 3 aromatic rings. The molecule has 0 radical (unpaired) electrons. The molecule has 10 heteroatoms. The second-order valence-electron chi connectivity index (χ2n) is 6.55. The third kappa shape index (κ3) is 4.53. The molecule has 9 nitrogen and oxygen atoms in total. The van der Waals surface area contributed by atoms with E-state index in [2.05, 4.69) is 0 Å². The summed E-state index contributed by atoms with van der Waals surface area (Å²) in [5.74, 6) is -1.63. The third-order valence-electron chi connectivity index (χ3n) is 4.59. The summed E-state index contributed by atoms with van der Waals surface area (Å²) in [6.07, 6.45) is 0. The SMILES string of the molecule is COC(=O)c1ccc(-n2c(C)cc(C(=O)COC(=O)c3ccc([N+](=O)[O-])s3)c2C)cc1. The van der Waals surface area contributed by atoms with E-state index in [1.807, 2.05) is 11.5 Å². The number of carbonyl (C=O) groups excluding carboxylic acids is 3. The Labute approximate surface area is 181 Å². The van der Waals surface area contributed by atoms with Gasteiger partial charge in [0.15, 0.2) is 6.61 Å². The van der Waals surface area contributed by atoms with Crippen molar-refractivity contribution in [3.8, 4) is 5.69 Å². The molecule has 0 amide bonds. The van der Waals surface area contributed by atoms with E-state index in [-0.39, 0.29) is 9.88 Å². The minimum Gasteiger partial charge on any atom is -0.465 e. The Balaban J connectivity index is 1.74. The average Bonchev–Trinajstić information content (AvgIpc) is 3.36. The molecule has 0 fully saturated rings. The summed E-state index contributed by atoms with van der Waals surface area (Å²) in [7, 11) is 1.31. The summed E-state index contributed by atoms with van der Waals surface area (Å²) in [6, 6.07) is 10.9. The Bertz CT molecular complexity index is 1180. The number of hydrogen-bond acceptors (Lipinski definition) is 8. The van der Waals surface area contributed by atoms with Gasteiger partial charge in [0.05, 0.1) is 17.6 Å². The maximum absolute atomic E-state index is 12.6. The Morgan fingerprint density at radius 3 is 2.32 bits per heavy atom. The Hall–Kier alpha value is -3.79. The number of aromatic nitrogens is 1. The van der Waals surface area contributed by atoms with Gasteiger partial charge in [0.1, 0.15) is 4.88 Å². The monoisotopic (exact) mass is 442 g/mol. The van der Waals surface area contributed by atoms with Crippen LogP contribution in [0.25, 0.3) is 5.69 Å². The molecule has 2 aromatic heterocycles. The van der Waals surface area contributed by atoms with Crippen LogP contribution in [0.4, 0.5) is 5.00 Å². The lowest BCUT2D eigenvalue weighted by Crippen LogP contribution is -2.14. The van der Waals surface area contributed by atoms with Gasteiger partial charge in [-0.15, -0.1) is 0 Å². The number of benzene rings is 1. The Kier molecular flexibility index (Phi) is 6.30. The van der Waals surface area contributed by atoms with Gasteiger partial charge >= 0.3 is 16.9 Å². The van der Waals surface area contributed by atoms with Crippen molar-refractivity contribution in [3.05, 3.63) is 80.0 Å². The van der Waals surface area contributed by atoms with E-state index in [1.165, 1.54) is 19.2 Å². The Morgan fingerprint density at radius 2 is 1.74 bits per heavy atom. The maximum atomic E-state index is 12.6. The van der Waals surface area contributed by atoms with Crippen molar-refractivity contribution in [1.29, 1.82) is 0 Å². The average molecular weight is 442 g/mol. The molecule has 0 aliphatic rings. The summed E-state index contributed by atoms with van der Waals surface area (Å²) in [5, 5.41) is 10.5. The molecule has 0 unspecified atom stereocenters. The minimum atomic E-state index is -0.793. The van der Waals surface area contributed by atoms with Crippen LogP contribution in [0.2, 0.25) is 0 Å². The zero-order valence-electron chi connectivity index (χ0n) is 16.9. The van der Waals surface area contributed by atoms with Gasteiger partial charge in [-0.25, -0.2) is 9.59 Å². The molecule has 2 heterocycles. The first-order chi connectivity index (χ1) is 14.7. The van der Waals surface area contributed by atoms with Crippen LogP contribution in [0.1, 0.15) is 41.8 Å². The molecular formula is C21H18N2O7S. The smallest absolute Gasteiger partial charge is 0.349 e. The van der Waals surface area contributed by atoms with Gasteiger partial charge in [0, 0.05) is 28.7 Å². The van der Waals surface area contributed by atoms with Gasteiger partial charge < -0.3 is 14.0 Å². The number of nitrogens with zero attached hydrogens (tertiary/aromatic N) is 2. The summed E-state index contributed by atoms with van der Waals surface area (Å²) in [5.41, 5.74) is 2.98. The van der Waals surface area contributed by atoms with Gasteiger partial charge in [-0.1, -0.05) is 11.3 Å². The molecule has 0 spiro atoms. The number of ether oxygens (including phenoxy) is 2. The van der Waals surface area contributed by atoms with E-state index in [0.717, 1.165) is 11.4 Å². The van der Waals surface area contributed by atoms with Gasteiger partial charge in [0.2, 0.25) is 5.78 Å². The van der Waals surface area contributed by atoms with Crippen molar-refractivity contribution in [2.75, 3.05) is 13.7 Å². The van der Waals surface area contributed by atoms with Crippen LogP contribution in [0, 0.1) is 24.0 Å². The van der Waals surface area contributed by atoms with Gasteiger partial charge in [-0.05, 0) is 50.2 Å². The Morgan fingerprint density at radius 1 is 1.06 bits per heavy atom. The van der Waals surface area contributed by atoms with Crippen LogP contribution in [-0.4, -0.2) is 40.9 Å². The highest BCUT2D eigenvalue weighted by atomic mass is 32.1. The molecule has 0 aliphatic carbocycles. The molecule has 0 N–H and O–H groups in total. The first-order valence-electron chi connectivity index (χ1n) is 9.05. The molecule has 31 heavy (non-hydrogen) atoms. The summed E-state index contributed by atoms with van der Waals surface area (Å²) < 4.78 is 11.6. The normalized spacial score (nSPS) is 10.5. The maximum Gasteiger partial charge on any atom is 0.349 e.